The third-order valence-corrected chi connectivity index (χ3v) is 4.12. The zero-order chi connectivity index (χ0) is 13.5. The standard InChI is InChI=1S/C13H15BrN4S/c14-10-7-12(19-9-10)8-18-13(15)17-6-4-11-3-1-2-5-16-11/h1-3,5,7,9H,4,6,8H2,(H3,15,17,18). The van der Waals surface area contributed by atoms with Crippen LogP contribution in [0.3, 0.4) is 0 Å². The van der Waals surface area contributed by atoms with Crippen molar-refractivity contribution >= 4 is 33.2 Å². The number of hydrogen-bond acceptors (Lipinski definition) is 3. The molecule has 3 N–H and O–H groups in total. The van der Waals surface area contributed by atoms with E-state index in [1.54, 1.807) is 17.5 Å². The first kappa shape index (κ1) is 14.0. The van der Waals surface area contributed by atoms with Crippen LogP contribution in [0.5, 0.6) is 0 Å². The van der Waals surface area contributed by atoms with Crippen LogP contribution in [-0.4, -0.2) is 17.5 Å². The second-order valence-electron chi connectivity index (χ2n) is 3.93. The molecule has 0 aliphatic rings. The maximum atomic E-state index is 5.80. The number of thiophene rings is 1. The van der Waals surface area contributed by atoms with Gasteiger partial charge in [-0.15, -0.1) is 11.3 Å². The number of rotatable bonds is 5. The first-order valence-corrected chi connectivity index (χ1v) is 7.58. The Morgan fingerprint density at radius 1 is 1.47 bits per heavy atom. The lowest BCUT2D eigenvalue weighted by Crippen LogP contribution is -2.33. The van der Waals surface area contributed by atoms with Crippen LogP contribution in [0.15, 0.2) is 45.3 Å². The van der Waals surface area contributed by atoms with E-state index >= 15 is 0 Å². The van der Waals surface area contributed by atoms with Gasteiger partial charge in [-0.3, -0.25) is 4.98 Å². The maximum Gasteiger partial charge on any atom is 0.188 e. The highest BCUT2D eigenvalue weighted by molar-refractivity contribution is 9.10. The highest BCUT2D eigenvalue weighted by atomic mass is 79.9. The topological polar surface area (TPSA) is 63.3 Å². The Bertz CT molecular complexity index is 539. The van der Waals surface area contributed by atoms with Gasteiger partial charge in [0.1, 0.15) is 0 Å². The molecule has 4 nitrogen and oxygen atoms in total. The molecule has 0 bridgehead atoms. The molecule has 100 valence electrons. The van der Waals surface area contributed by atoms with E-state index in [1.165, 1.54) is 4.88 Å². The molecule has 0 aliphatic heterocycles. The summed E-state index contributed by atoms with van der Waals surface area (Å²) in [4.78, 5) is 9.72. The van der Waals surface area contributed by atoms with E-state index in [1.807, 2.05) is 23.6 Å². The van der Waals surface area contributed by atoms with Crippen LogP contribution in [-0.2, 0) is 13.0 Å². The van der Waals surface area contributed by atoms with Gasteiger partial charge >= 0.3 is 0 Å². The lowest BCUT2D eigenvalue weighted by molar-refractivity contribution is 0.828. The Kier molecular flexibility index (Phi) is 5.35. The summed E-state index contributed by atoms with van der Waals surface area (Å²) in [7, 11) is 0. The SMILES string of the molecule is NC(=NCc1cc(Br)cs1)NCCc1ccccn1. The number of aliphatic imine (C=N–C) groups is 1. The fraction of sp³-hybridized carbons (Fsp3) is 0.231. The quantitative estimate of drug-likeness (QED) is 0.650. The second kappa shape index (κ2) is 7.25. The van der Waals surface area contributed by atoms with Gasteiger partial charge in [0.2, 0.25) is 0 Å². The molecule has 0 aromatic carbocycles. The zero-order valence-electron chi connectivity index (χ0n) is 10.3. The van der Waals surface area contributed by atoms with Crippen LogP contribution < -0.4 is 11.1 Å². The molecule has 2 rings (SSSR count). The highest BCUT2D eigenvalue weighted by Crippen LogP contribution is 2.20. The average Bonchev–Trinajstić information content (AvgIpc) is 2.83. The molecule has 0 spiro atoms. The summed E-state index contributed by atoms with van der Waals surface area (Å²) in [5, 5.41) is 5.13. The van der Waals surface area contributed by atoms with Gasteiger partial charge < -0.3 is 11.1 Å². The summed E-state index contributed by atoms with van der Waals surface area (Å²) in [6.45, 7) is 1.35. The molecule has 0 saturated heterocycles. The van der Waals surface area contributed by atoms with Crippen molar-refractivity contribution in [3.05, 3.63) is 50.9 Å². The van der Waals surface area contributed by atoms with Gasteiger partial charge in [0.25, 0.3) is 0 Å². The zero-order valence-corrected chi connectivity index (χ0v) is 12.7. The highest BCUT2D eigenvalue weighted by Gasteiger charge is 1.98. The molecule has 0 fully saturated rings. The van der Waals surface area contributed by atoms with Crippen LogP contribution in [0.2, 0.25) is 0 Å². The second-order valence-corrected chi connectivity index (χ2v) is 5.84. The van der Waals surface area contributed by atoms with E-state index in [4.69, 9.17) is 5.73 Å². The lowest BCUT2D eigenvalue weighted by Gasteiger charge is -2.04. The lowest BCUT2D eigenvalue weighted by atomic mass is 10.3. The fourth-order valence-electron chi connectivity index (χ4n) is 1.52. The summed E-state index contributed by atoms with van der Waals surface area (Å²) in [5.74, 6) is 0.473. The Morgan fingerprint density at radius 3 is 3.05 bits per heavy atom. The minimum Gasteiger partial charge on any atom is -0.370 e. The van der Waals surface area contributed by atoms with Gasteiger partial charge in [-0.2, -0.15) is 0 Å². The van der Waals surface area contributed by atoms with Crippen LogP contribution in [0, 0.1) is 0 Å². The first-order chi connectivity index (χ1) is 9.24. The van der Waals surface area contributed by atoms with E-state index < -0.39 is 0 Å². The van der Waals surface area contributed by atoms with Crippen molar-refractivity contribution in [2.45, 2.75) is 13.0 Å². The molecule has 6 heteroatoms. The van der Waals surface area contributed by atoms with Crippen LogP contribution in [0.25, 0.3) is 0 Å². The average molecular weight is 339 g/mol. The minimum atomic E-state index is 0.473. The largest absolute Gasteiger partial charge is 0.370 e. The molecule has 0 aliphatic carbocycles. The van der Waals surface area contributed by atoms with Gasteiger partial charge in [-0.1, -0.05) is 6.07 Å². The monoisotopic (exact) mass is 338 g/mol. The number of pyridine rings is 1. The number of nitrogens with zero attached hydrogens (tertiary/aromatic N) is 2. The molecule has 0 radical (unpaired) electrons. The first-order valence-electron chi connectivity index (χ1n) is 5.90. The van der Waals surface area contributed by atoms with Crippen molar-refractivity contribution in [1.82, 2.24) is 10.3 Å². The van der Waals surface area contributed by atoms with E-state index in [0.717, 1.165) is 23.1 Å². The number of nitrogens with one attached hydrogen (secondary N) is 1. The summed E-state index contributed by atoms with van der Waals surface area (Å²) >= 11 is 5.08. The number of aromatic nitrogens is 1. The predicted molar refractivity (Wildman–Crippen MR) is 83.3 cm³/mol. The smallest absolute Gasteiger partial charge is 0.188 e. The molecular weight excluding hydrogens is 324 g/mol. The molecule has 0 saturated carbocycles. The van der Waals surface area contributed by atoms with Gasteiger partial charge in [-0.05, 0) is 34.1 Å². The summed E-state index contributed by atoms with van der Waals surface area (Å²) < 4.78 is 1.09. The van der Waals surface area contributed by atoms with Crippen LogP contribution in [0.4, 0.5) is 0 Å². The Hall–Kier alpha value is -1.40. The minimum absolute atomic E-state index is 0.473. The number of nitrogens with two attached hydrogens (primary N) is 1. The van der Waals surface area contributed by atoms with Crippen molar-refractivity contribution in [3.8, 4) is 0 Å². The molecule has 0 atom stereocenters. The van der Waals surface area contributed by atoms with Crippen molar-refractivity contribution in [1.29, 1.82) is 0 Å². The third-order valence-electron chi connectivity index (χ3n) is 2.44. The molecule has 2 aromatic rings. The van der Waals surface area contributed by atoms with Crippen molar-refractivity contribution in [3.63, 3.8) is 0 Å². The van der Waals surface area contributed by atoms with Gasteiger partial charge in [0, 0.05) is 39.6 Å². The van der Waals surface area contributed by atoms with Crippen LogP contribution >= 0.6 is 27.3 Å². The Morgan fingerprint density at radius 2 is 2.37 bits per heavy atom. The number of halogens is 1. The van der Waals surface area contributed by atoms with E-state index in [0.29, 0.717) is 12.5 Å². The molecular formula is C13H15BrN4S. The molecule has 0 amide bonds. The molecule has 0 unspecified atom stereocenters. The predicted octanol–water partition coefficient (Wildman–Crippen LogP) is 2.55. The van der Waals surface area contributed by atoms with Crippen molar-refractivity contribution < 1.29 is 0 Å². The summed E-state index contributed by atoms with van der Waals surface area (Å²) in [5.41, 5.74) is 6.85. The van der Waals surface area contributed by atoms with Crippen LogP contribution in [0.1, 0.15) is 10.6 Å². The fourth-order valence-corrected chi connectivity index (χ4v) is 2.89. The van der Waals surface area contributed by atoms with Crippen molar-refractivity contribution in [2.24, 2.45) is 10.7 Å². The van der Waals surface area contributed by atoms with E-state index in [2.05, 4.69) is 37.3 Å². The Balaban J connectivity index is 1.73. The number of guanidine groups is 1. The Labute approximate surface area is 124 Å². The van der Waals surface area contributed by atoms with E-state index in [9.17, 15) is 0 Å². The summed E-state index contributed by atoms with van der Waals surface area (Å²) in [6.07, 6.45) is 2.63. The van der Waals surface area contributed by atoms with E-state index in [-0.39, 0.29) is 0 Å². The molecule has 19 heavy (non-hydrogen) atoms. The van der Waals surface area contributed by atoms with Gasteiger partial charge in [-0.25, -0.2) is 4.99 Å². The van der Waals surface area contributed by atoms with Gasteiger partial charge in [0.15, 0.2) is 5.96 Å². The third kappa shape index (κ3) is 5.00. The number of hydrogen-bond donors (Lipinski definition) is 2. The maximum absolute atomic E-state index is 5.80. The molecule has 2 heterocycles. The van der Waals surface area contributed by atoms with Crippen molar-refractivity contribution in [2.75, 3.05) is 6.54 Å². The normalized spacial score (nSPS) is 11.5. The molecule has 2 aromatic heterocycles. The van der Waals surface area contributed by atoms with Gasteiger partial charge in [0.05, 0.1) is 6.54 Å². The summed E-state index contributed by atoms with van der Waals surface area (Å²) in [6, 6.07) is 7.94.